The molecule has 0 aliphatic heterocycles. The predicted octanol–water partition coefficient (Wildman–Crippen LogP) is 3.70. The number of thiazole rings is 1. The van der Waals surface area contributed by atoms with Crippen LogP contribution < -0.4 is 4.90 Å². The van der Waals surface area contributed by atoms with Gasteiger partial charge in [-0.05, 0) is 26.2 Å². The fraction of sp³-hybridized carbons (Fsp3) is 0.692. The first-order valence-electron chi connectivity index (χ1n) is 6.03. The van der Waals surface area contributed by atoms with Gasteiger partial charge in [0.25, 0.3) is 0 Å². The van der Waals surface area contributed by atoms with Crippen LogP contribution in [0.1, 0.15) is 62.3 Å². The minimum Gasteiger partial charge on any atom is -0.346 e. The molecule has 1 aromatic rings. The topological polar surface area (TPSA) is 33.2 Å². The number of hydrogen-bond donors (Lipinski definition) is 0. The molecule has 0 unspecified atom stereocenters. The molecule has 3 nitrogen and oxygen atoms in total. The van der Waals surface area contributed by atoms with Crippen LogP contribution in [0.2, 0.25) is 0 Å². The van der Waals surface area contributed by atoms with Crippen LogP contribution in [0.25, 0.3) is 0 Å². The molecule has 0 saturated carbocycles. The Bertz CT molecular complexity index is 396. The Labute approximate surface area is 108 Å². The van der Waals surface area contributed by atoms with Gasteiger partial charge in [-0.25, -0.2) is 4.98 Å². The number of anilines is 1. The predicted molar refractivity (Wildman–Crippen MR) is 74.4 cm³/mol. The zero-order valence-corrected chi connectivity index (χ0v) is 12.4. The Morgan fingerprint density at radius 3 is 2.41 bits per heavy atom. The fourth-order valence-corrected chi connectivity index (χ4v) is 2.63. The second kappa shape index (κ2) is 5.17. The van der Waals surface area contributed by atoms with Crippen molar-refractivity contribution in [2.24, 2.45) is 0 Å². The van der Waals surface area contributed by atoms with Gasteiger partial charge in [-0.1, -0.05) is 32.1 Å². The maximum Gasteiger partial charge on any atom is 0.186 e. The molecule has 0 spiro atoms. The van der Waals surface area contributed by atoms with Gasteiger partial charge in [-0.2, -0.15) is 0 Å². The van der Waals surface area contributed by atoms with Crippen LogP contribution in [0.5, 0.6) is 0 Å². The maximum absolute atomic E-state index is 11.0. The highest BCUT2D eigenvalue weighted by Crippen LogP contribution is 2.33. The highest BCUT2D eigenvalue weighted by atomic mass is 32.1. The van der Waals surface area contributed by atoms with Crippen molar-refractivity contribution in [2.45, 2.75) is 52.5 Å². The van der Waals surface area contributed by atoms with Crippen molar-refractivity contribution < 1.29 is 4.79 Å². The van der Waals surface area contributed by atoms with E-state index in [9.17, 15) is 4.79 Å². The van der Waals surface area contributed by atoms with Gasteiger partial charge in [0.2, 0.25) is 0 Å². The van der Waals surface area contributed by atoms with Crippen molar-refractivity contribution in [3.05, 3.63) is 10.6 Å². The van der Waals surface area contributed by atoms with E-state index in [2.05, 4.69) is 44.5 Å². The van der Waals surface area contributed by atoms with E-state index in [0.717, 1.165) is 28.4 Å². The molecule has 96 valence electrons. The monoisotopic (exact) mass is 254 g/mol. The lowest BCUT2D eigenvalue weighted by atomic mass is 10.0. The third-order valence-electron chi connectivity index (χ3n) is 3.38. The number of nitrogens with zero attached hydrogens (tertiary/aromatic N) is 2. The Balaban J connectivity index is 3.12. The molecule has 0 saturated heterocycles. The number of carbonyl (C=O) groups excluding carboxylic acids is 1. The zero-order chi connectivity index (χ0) is 13.2. The molecular weight excluding hydrogens is 232 g/mol. The SMILES string of the molecule is CCC(C)(C)N(C)c1nc(C(C)C)c(C=O)s1. The minimum atomic E-state index is 0.0618. The molecule has 17 heavy (non-hydrogen) atoms. The van der Waals surface area contributed by atoms with Gasteiger partial charge in [-0.3, -0.25) is 4.79 Å². The number of hydrogen-bond acceptors (Lipinski definition) is 4. The first-order valence-corrected chi connectivity index (χ1v) is 6.84. The van der Waals surface area contributed by atoms with E-state index in [1.165, 1.54) is 11.3 Å². The normalized spacial score (nSPS) is 11.9. The molecular formula is C13H22N2OS. The highest BCUT2D eigenvalue weighted by molar-refractivity contribution is 7.17. The summed E-state index contributed by atoms with van der Waals surface area (Å²) in [6.07, 6.45) is 1.96. The lowest BCUT2D eigenvalue weighted by Crippen LogP contribution is -2.40. The van der Waals surface area contributed by atoms with Gasteiger partial charge in [0, 0.05) is 12.6 Å². The highest BCUT2D eigenvalue weighted by Gasteiger charge is 2.25. The lowest BCUT2D eigenvalue weighted by molar-refractivity contribution is 0.112. The third-order valence-corrected chi connectivity index (χ3v) is 4.46. The van der Waals surface area contributed by atoms with Crippen molar-refractivity contribution in [2.75, 3.05) is 11.9 Å². The van der Waals surface area contributed by atoms with Crippen molar-refractivity contribution in [3.63, 3.8) is 0 Å². The van der Waals surface area contributed by atoms with Crippen LogP contribution in [0.3, 0.4) is 0 Å². The summed E-state index contributed by atoms with van der Waals surface area (Å²) in [7, 11) is 2.04. The second-order valence-electron chi connectivity index (χ2n) is 5.24. The Morgan fingerprint density at radius 2 is 2.06 bits per heavy atom. The van der Waals surface area contributed by atoms with Gasteiger partial charge in [-0.15, -0.1) is 0 Å². The Kier molecular flexibility index (Phi) is 4.31. The Morgan fingerprint density at radius 1 is 1.47 bits per heavy atom. The largest absolute Gasteiger partial charge is 0.346 e. The van der Waals surface area contributed by atoms with Crippen LogP contribution in [0.15, 0.2) is 0 Å². The van der Waals surface area contributed by atoms with E-state index < -0.39 is 0 Å². The van der Waals surface area contributed by atoms with Crippen LogP contribution in [-0.2, 0) is 0 Å². The van der Waals surface area contributed by atoms with E-state index in [4.69, 9.17) is 0 Å². The first-order chi connectivity index (χ1) is 7.83. The van der Waals surface area contributed by atoms with Crippen molar-refractivity contribution in [1.82, 2.24) is 4.98 Å². The minimum absolute atomic E-state index is 0.0618. The van der Waals surface area contributed by atoms with Crippen molar-refractivity contribution in [1.29, 1.82) is 0 Å². The van der Waals surface area contributed by atoms with Gasteiger partial charge in [0.05, 0.1) is 10.6 Å². The van der Waals surface area contributed by atoms with E-state index in [1.807, 2.05) is 7.05 Å². The van der Waals surface area contributed by atoms with Gasteiger partial charge in [0.1, 0.15) is 0 Å². The van der Waals surface area contributed by atoms with Crippen molar-refractivity contribution in [3.8, 4) is 0 Å². The van der Waals surface area contributed by atoms with E-state index >= 15 is 0 Å². The van der Waals surface area contributed by atoms with Gasteiger partial charge >= 0.3 is 0 Å². The number of rotatable bonds is 5. The zero-order valence-electron chi connectivity index (χ0n) is 11.6. The summed E-state index contributed by atoms with van der Waals surface area (Å²) in [4.78, 5) is 18.6. The molecule has 0 fully saturated rings. The average Bonchev–Trinajstić information content (AvgIpc) is 2.71. The maximum atomic E-state index is 11.0. The molecule has 1 heterocycles. The summed E-state index contributed by atoms with van der Waals surface area (Å²) >= 11 is 1.48. The lowest BCUT2D eigenvalue weighted by Gasteiger charge is -2.34. The van der Waals surface area contributed by atoms with E-state index in [1.54, 1.807) is 0 Å². The van der Waals surface area contributed by atoms with E-state index in [-0.39, 0.29) is 5.54 Å². The van der Waals surface area contributed by atoms with Crippen LogP contribution >= 0.6 is 11.3 Å². The van der Waals surface area contributed by atoms with E-state index in [0.29, 0.717) is 5.92 Å². The molecule has 1 aromatic heterocycles. The van der Waals surface area contributed by atoms with Crippen LogP contribution in [-0.4, -0.2) is 23.9 Å². The molecule has 1 rings (SSSR count). The summed E-state index contributed by atoms with van der Waals surface area (Å²) in [6.45, 7) is 10.7. The molecule has 0 bridgehead atoms. The molecule has 0 aromatic carbocycles. The molecule has 0 amide bonds. The van der Waals surface area contributed by atoms with Crippen molar-refractivity contribution >= 4 is 22.8 Å². The quantitative estimate of drug-likeness (QED) is 0.751. The standard InChI is InChI=1S/C13H22N2OS/c1-7-13(4,5)15(6)12-14-11(9(2)3)10(8-16)17-12/h8-9H,7H2,1-6H3. The summed E-state index contributed by atoms with van der Waals surface area (Å²) in [5, 5.41) is 0.933. The molecule has 0 N–H and O–H groups in total. The molecule has 0 aliphatic rings. The van der Waals surface area contributed by atoms with Crippen LogP contribution in [0, 0.1) is 0 Å². The second-order valence-corrected chi connectivity index (χ2v) is 6.25. The molecule has 0 aliphatic carbocycles. The summed E-state index contributed by atoms with van der Waals surface area (Å²) in [5.41, 5.74) is 0.977. The smallest absolute Gasteiger partial charge is 0.186 e. The summed E-state index contributed by atoms with van der Waals surface area (Å²) in [5.74, 6) is 0.290. The summed E-state index contributed by atoms with van der Waals surface area (Å²) in [6, 6.07) is 0. The van der Waals surface area contributed by atoms with Gasteiger partial charge < -0.3 is 4.90 Å². The average molecular weight is 254 g/mol. The molecule has 0 radical (unpaired) electrons. The fourth-order valence-electron chi connectivity index (χ4n) is 1.47. The third kappa shape index (κ3) is 2.86. The number of carbonyl (C=O) groups is 1. The summed E-state index contributed by atoms with van der Waals surface area (Å²) < 4.78 is 0. The Hall–Kier alpha value is -0.900. The molecule has 4 heteroatoms. The van der Waals surface area contributed by atoms with Crippen LogP contribution in [0.4, 0.5) is 5.13 Å². The van der Waals surface area contributed by atoms with Gasteiger partial charge in [0.15, 0.2) is 11.4 Å². The number of aromatic nitrogens is 1. The first kappa shape index (κ1) is 14.2. The molecule has 0 atom stereocenters. The number of aldehydes is 1.